The van der Waals surface area contributed by atoms with Crippen LogP contribution in [0.4, 0.5) is 0 Å². The van der Waals surface area contributed by atoms with Gasteiger partial charge in [0.15, 0.2) is 0 Å². The van der Waals surface area contributed by atoms with Gasteiger partial charge in [-0.15, -0.1) is 0 Å². The molecule has 5 nitrogen and oxygen atoms in total. The molecular formula is C15H30N4O. The summed E-state index contributed by atoms with van der Waals surface area (Å²) in [6.07, 6.45) is 4.44. The molecule has 0 saturated heterocycles. The van der Waals surface area contributed by atoms with Crippen LogP contribution in [0.5, 0.6) is 0 Å². The lowest BCUT2D eigenvalue weighted by Crippen LogP contribution is -2.53. The highest BCUT2D eigenvalue weighted by Crippen LogP contribution is 2.26. The number of likely N-dealkylation sites (N-methyl/N-ethyl adjacent to an activating group) is 1. The van der Waals surface area contributed by atoms with Crippen molar-refractivity contribution in [2.75, 3.05) is 13.7 Å². The summed E-state index contributed by atoms with van der Waals surface area (Å²) in [4.78, 5) is 4.43. The molecule has 1 rings (SSSR count). The van der Waals surface area contributed by atoms with Crippen LogP contribution in [0.3, 0.4) is 0 Å². The number of hydrogen-bond donors (Lipinski definition) is 1. The summed E-state index contributed by atoms with van der Waals surface area (Å²) >= 11 is 0. The van der Waals surface area contributed by atoms with Gasteiger partial charge in [0.2, 0.25) is 0 Å². The summed E-state index contributed by atoms with van der Waals surface area (Å²) in [6.45, 7) is 11.7. The largest absolute Gasteiger partial charge is 0.377 e. The third-order valence-corrected chi connectivity index (χ3v) is 4.21. The summed E-state index contributed by atoms with van der Waals surface area (Å²) in [7, 11) is 1.81. The maximum Gasteiger partial charge on any atom is 0.138 e. The Bertz CT molecular complexity index is 377. The predicted molar refractivity (Wildman–Crippen MR) is 81.9 cm³/mol. The van der Waals surface area contributed by atoms with Gasteiger partial charge in [0.05, 0.1) is 5.60 Å². The zero-order valence-electron chi connectivity index (χ0n) is 13.8. The van der Waals surface area contributed by atoms with Crippen LogP contribution in [-0.4, -0.2) is 40.1 Å². The molecule has 5 heteroatoms. The SMILES string of the molecule is CCNC(Cc1ncnn1C(C)C)C(CC)(CC)OC. The monoisotopic (exact) mass is 282 g/mol. The number of nitrogens with zero attached hydrogens (tertiary/aromatic N) is 3. The van der Waals surface area contributed by atoms with Gasteiger partial charge in [-0.2, -0.15) is 5.10 Å². The van der Waals surface area contributed by atoms with Crippen LogP contribution in [-0.2, 0) is 11.2 Å². The Morgan fingerprint density at radius 1 is 1.30 bits per heavy atom. The molecule has 0 aromatic carbocycles. The number of ether oxygens (including phenoxy) is 1. The minimum atomic E-state index is -0.149. The molecule has 0 aliphatic carbocycles. The van der Waals surface area contributed by atoms with E-state index >= 15 is 0 Å². The minimum absolute atomic E-state index is 0.149. The van der Waals surface area contributed by atoms with E-state index in [1.165, 1.54) is 0 Å². The van der Waals surface area contributed by atoms with Crippen molar-refractivity contribution in [1.29, 1.82) is 0 Å². The Kier molecular flexibility index (Phi) is 6.62. The third kappa shape index (κ3) is 3.58. The highest BCUT2D eigenvalue weighted by Gasteiger charge is 2.36. The van der Waals surface area contributed by atoms with E-state index in [0.717, 1.165) is 31.6 Å². The lowest BCUT2D eigenvalue weighted by atomic mass is 9.86. The Morgan fingerprint density at radius 2 is 1.95 bits per heavy atom. The molecule has 1 heterocycles. The van der Waals surface area contributed by atoms with Crippen molar-refractivity contribution in [3.8, 4) is 0 Å². The van der Waals surface area contributed by atoms with Crippen molar-refractivity contribution < 1.29 is 4.74 Å². The van der Waals surface area contributed by atoms with E-state index in [1.807, 2.05) is 11.8 Å². The molecule has 0 saturated carbocycles. The molecule has 116 valence electrons. The Morgan fingerprint density at radius 3 is 2.40 bits per heavy atom. The van der Waals surface area contributed by atoms with Crippen LogP contribution in [0.1, 0.15) is 59.3 Å². The molecule has 0 aliphatic heterocycles. The van der Waals surface area contributed by atoms with Gasteiger partial charge >= 0.3 is 0 Å². The van der Waals surface area contributed by atoms with Crippen molar-refractivity contribution in [2.45, 2.75) is 71.6 Å². The average Bonchev–Trinajstić information content (AvgIpc) is 2.90. The second-order valence-corrected chi connectivity index (χ2v) is 5.50. The molecule has 0 spiro atoms. The van der Waals surface area contributed by atoms with Gasteiger partial charge in [-0.05, 0) is 33.2 Å². The zero-order valence-corrected chi connectivity index (χ0v) is 13.8. The van der Waals surface area contributed by atoms with Crippen LogP contribution in [0.15, 0.2) is 6.33 Å². The zero-order chi connectivity index (χ0) is 15.2. The van der Waals surface area contributed by atoms with Crippen molar-refractivity contribution in [3.63, 3.8) is 0 Å². The molecule has 0 bridgehead atoms. The van der Waals surface area contributed by atoms with E-state index in [2.05, 4.69) is 50.0 Å². The maximum absolute atomic E-state index is 5.88. The number of methoxy groups -OCH3 is 1. The first-order valence-electron chi connectivity index (χ1n) is 7.71. The summed E-state index contributed by atoms with van der Waals surface area (Å²) < 4.78 is 7.88. The average molecular weight is 282 g/mol. The molecule has 1 aromatic heterocycles. The van der Waals surface area contributed by atoms with E-state index in [0.29, 0.717) is 6.04 Å². The van der Waals surface area contributed by atoms with Crippen LogP contribution >= 0.6 is 0 Å². The molecule has 0 fully saturated rings. The van der Waals surface area contributed by atoms with Crippen molar-refractivity contribution in [1.82, 2.24) is 20.1 Å². The maximum atomic E-state index is 5.88. The van der Waals surface area contributed by atoms with Gasteiger partial charge in [0.25, 0.3) is 0 Å². The Labute approximate surface area is 123 Å². The van der Waals surface area contributed by atoms with Crippen LogP contribution in [0.25, 0.3) is 0 Å². The highest BCUT2D eigenvalue weighted by molar-refractivity contribution is 5.00. The van der Waals surface area contributed by atoms with Gasteiger partial charge < -0.3 is 10.1 Å². The fraction of sp³-hybridized carbons (Fsp3) is 0.867. The number of nitrogens with one attached hydrogen (secondary N) is 1. The first kappa shape index (κ1) is 17.1. The molecule has 0 aliphatic rings. The Hall–Kier alpha value is -0.940. The fourth-order valence-corrected chi connectivity index (χ4v) is 2.90. The van der Waals surface area contributed by atoms with Gasteiger partial charge in [0.1, 0.15) is 12.2 Å². The summed E-state index contributed by atoms with van der Waals surface area (Å²) in [6, 6.07) is 0.573. The molecule has 0 amide bonds. The second-order valence-electron chi connectivity index (χ2n) is 5.50. The van der Waals surface area contributed by atoms with E-state index in [9.17, 15) is 0 Å². The summed E-state index contributed by atoms with van der Waals surface area (Å²) in [5.41, 5.74) is -0.149. The number of hydrogen-bond acceptors (Lipinski definition) is 4. The quantitative estimate of drug-likeness (QED) is 0.756. The number of aromatic nitrogens is 3. The third-order valence-electron chi connectivity index (χ3n) is 4.21. The van der Waals surface area contributed by atoms with E-state index in [4.69, 9.17) is 4.74 Å². The van der Waals surface area contributed by atoms with Crippen LogP contribution < -0.4 is 5.32 Å². The molecule has 1 aromatic rings. The number of rotatable bonds is 9. The van der Waals surface area contributed by atoms with Gasteiger partial charge in [-0.1, -0.05) is 20.8 Å². The molecule has 1 atom stereocenters. The van der Waals surface area contributed by atoms with Gasteiger partial charge in [-0.3, -0.25) is 0 Å². The van der Waals surface area contributed by atoms with Crippen molar-refractivity contribution in [3.05, 3.63) is 12.2 Å². The van der Waals surface area contributed by atoms with E-state index in [1.54, 1.807) is 6.33 Å². The minimum Gasteiger partial charge on any atom is -0.377 e. The summed E-state index contributed by atoms with van der Waals surface area (Å²) in [5.74, 6) is 1.02. The normalized spacial score (nSPS) is 13.9. The fourth-order valence-electron chi connectivity index (χ4n) is 2.90. The molecular weight excluding hydrogens is 252 g/mol. The van der Waals surface area contributed by atoms with Gasteiger partial charge in [-0.25, -0.2) is 9.67 Å². The highest BCUT2D eigenvalue weighted by atomic mass is 16.5. The predicted octanol–water partition coefficient (Wildman–Crippen LogP) is 2.58. The van der Waals surface area contributed by atoms with Crippen LogP contribution in [0, 0.1) is 0 Å². The molecule has 0 radical (unpaired) electrons. The lowest BCUT2D eigenvalue weighted by molar-refractivity contribution is -0.0475. The van der Waals surface area contributed by atoms with Crippen molar-refractivity contribution in [2.24, 2.45) is 0 Å². The molecule has 20 heavy (non-hydrogen) atoms. The standard InChI is InChI=1S/C15H30N4O/c1-7-15(8-2,20-6)13(16-9-3)10-14-17-11-18-19(14)12(4)5/h11-13,16H,7-10H2,1-6H3. The Balaban J connectivity index is 2.99. The van der Waals surface area contributed by atoms with E-state index < -0.39 is 0 Å². The van der Waals surface area contributed by atoms with Gasteiger partial charge in [0, 0.05) is 25.6 Å². The summed E-state index contributed by atoms with van der Waals surface area (Å²) in [5, 5.41) is 7.90. The topological polar surface area (TPSA) is 52.0 Å². The lowest BCUT2D eigenvalue weighted by Gasteiger charge is -2.39. The molecule has 1 N–H and O–H groups in total. The van der Waals surface area contributed by atoms with Crippen LogP contribution in [0.2, 0.25) is 0 Å². The first-order valence-corrected chi connectivity index (χ1v) is 7.71. The smallest absolute Gasteiger partial charge is 0.138 e. The first-order chi connectivity index (χ1) is 9.54. The van der Waals surface area contributed by atoms with Crippen molar-refractivity contribution >= 4 is 0 Å². The second kappa shape index (κ2) is 7.74. The van der Waals surface area contributed by atoms with E-state index in [-0.39, 0.29) is 11.6 Å². The molecule has 1 unspecified atom stereocenters.